The van der Waals surface area contributed by atoms with Crippen LogP contribution >= 0.6 is 0 Å². The first-order valence-electron chi connectivity index (χ1n) is 6.46. The monoisotopic (exact) mass is 317 g/mol. The molecule has 9 heteroatoms. The quantitative estimate of drug-likeness (QED) is 0.648. The number of nitro groups is 1. The average Bonchev–Trinajstić information content (AvgIpc) is 2.90. The lowest BCUT2D eigenvalue weighted by atomic mass is 10.2. The molecule has 1 fully saturated rings. The molecule has 1 unspecified atom stereocenters. The Morgan fingerprint density at radius 1 is 1.52 bits per heavy atom. The van der Waals surface area contributed by atoms with E-state index in [-0.39, 0.29) is 17.5 Å². The third kappa shape index (κ3) is 3.36. The fourth-order valence-electron chi connectivity index (χ4n) is 2.30. The van der Waals surface area contributed by atoms with Crippen molar-refractivity contribution < 1.29 is 17.7 Å². The highest BCUT2D eigenvalue weighted by atomic mass is 32.2. The molecule has 0 amide bonds. The van der Waals surface area contributed by atoms with Crippen LogP contribution in [0.25, 0.3) is 0 Å². The zero-order chi connectivity index (χ0) is 15.6. The molecule has 1 aromatic rings. The molecule has 1 saturated heterocycles. The molecule has 116 valence electrons. The predicted molar refractivity (Wildman–Crippen MR) is 73.9 cm³/mol. The van der Waals surface area contributed by atoms with Gasteiger partial charge in [0.25, 0.3) is 0 Å². The summed E-state index contributed by atoms with van der Waals surface area (Å²) >= 11 is 0. The number of rotatable bonds is 5. The topological polar surface area (TPSA) is 92.6 Å². The number of hydrogen-bond acceptors (Lipinski definition) is 5. The van der Waals surface area contributed by atoms with E-state index in [9.17, 15) is 22.9 Å². The molecule has 1 N–H and O–H groups in total. The summed E-state index contributed by atoms with van der Waals surface area (Å²) in [5.41, 5.74) is -0.742. The Balaban J connectivity index is 2.22. The second-order valence-electron chi connectivity index (χ2n) is 4.95. The number of nitrogens with one attached hydrogen (secondary N) is 1. The number of hydrogen-bond donors (Lipinski definition) is 1. The molecule has 0 bridgehead atoms. The van der Waals surface area contributed by atoms with Crippen LogP contribution in [0.3, 0.4) is 0 Å². The van der Waals surface area contributed by atoms with Gasteiger partial charge >= 0.3 is 5.69 Å². The largest absolute Gasteiger partial charge is 0.313 e. The molecule has 0 radical (unpaired) electrons. The lowest BCUT2D eigenvalue weighted by molar-refractivity contribution is -0.387. The van der Waals surface area contributed by atoms with Crippen molar-refractivity contribution in [3.05, 3.63) is 34.1 Å². The molecule has 0 aliphatic carbocycles. The number of nitro benzene ring substituents is 1. The van der Waals surface area contributed by atoms with E-state index < -0.39 is 26.5 Å². The normalized spacial score (nSPS) is 19.1. The fourth-order valence-corrected chi connectivity index (χ4v) is 3.53. The number of sulfonamides is 1. The third-order valence-electron chi connectivity index (χ3n) is 3.46. The Bertz CT molecular complexity index is 644. The Labute approximate surface area is 122 Å². The lowest BCUT2D eigenvalue weighted by Gasteiger charge is -2.21. The van der Waals surface area contributed by atoms with Crippen LogP contribution in [0.1, 0.15) is 12.8 Å². The maximum absolute atomic E-state index is 13.6. The van der Waals surface area contributed by atoms with E-state index in [0.29, 0.717) is 6.07 Å². The summed E-state index contributed by atoms with van der Waals surface area (Å²) in [4.78, 5) is 9.37. The van der Waals surface area contributed by atoms with Gasteiger partial charge in [-0.2, -0.15) is 8.70 Å². The summed E-state index contributed by atoms with van der Waals surface area (Å²) < 4.78 is 39.3. The van der Waals surface area contributed by atoms with Crippen LogP contribution in [0.5, 0.6) is 0 Å². The summed E-state index contributed by atoms with van der Waals surface area (Å²) in [7, 11) is -2.45. The molecule has 1 aliphatic rings. The number of nitrogens with zero attached hydrogens (tertiary/aromatic N) is 2. The molecule has 1 aromatic carbocycles. The van der Waals surface area contributed by atoms with Gasteiger partial charge < -0.3 is 5.32 Å². The van der Waals surface area contributed by atoms with Crippen molar-refractivity contribution in [1.82, 2.24) is 9.62 Å². The molecular formula is C12H16FN3O4S. The maximum Gasteiger partial charge on any atom is 0.304 e. The zero-order valence-corrected chi connectivity index (χ0v) is 12.3. The van der Waals surface area contributed by atoms with Crippen molar-refractivity contribution in [2.24, 2.45) is 0 Å². The summed E-state index contributed by atoms with van der Waals surface area (Å²) in [6.45, 7) is 1.13. The van der Waals surface area contributed by atoms with E-state index in [1.165, 1.54) is 7.05 Å². The van der Waals surface area contributed by atoms with Gasteiger partial charge in [0.1, 0.15) is 0 Å². The second kappa shape index (κ2) is 6.04. The van der Waals surface area contributed by atoms with Gasteiger partial charge in [-0.15, -0.1) is 0 Å². The molecule has 0 spiro atoms. The van der Waals surface area contributed by atoms with E-state index in [1.54, 1.807) is 0 Å². The van der Waals surface area contributed by atoms with Crippen molar-refractivity contribution in [1.29, 1.82) is 0 Å². The van der Waals surface area contributed by atoms with Crippen LogP contribution in [-0.4, -0.2) is 43.8 Å². The Morgan fingerprint density at radius 2 is 2.24 bits per heavy atom. The van der Waals surface area contributed by atoms with Crippen molar-refractivity contribution in [2.45, 2.75) is 23.8 Å². The van der Waals surface area contributed by atoms with Gasteiger partial charge in [-0.3, -0.25) is 10.1 Å². The number of halogens is 1. The zero-order valence-electron chi connectivity index (χ0n) is 11.5. The first-order valence-corrected chi connectivity index (χ1v) is 7.90. The molecule has 21 heavy (non-hydrogen) atoms. The van der Waals surface area contributed by atoms with E-state index in [2.05, 4.69) is 5.32 Å². The van der Waals surface area contributed by atoms with Crippen LogP contribution in [0.4, 0.5) is 10.1 Å². The Morgan fingerprint density at radius 3 is 2.76 bits per heavy atom. The highest BCUT2D eigenvalue weighted by Crippen LogP contribution is 2.23. The van der Waals surface area contributed by atoms with Crippen molar-refractivity contribution in [3.63, 3.8) is 0 Å². The van der Waals surface area contributed by atoms with E-state index in [4.69, 9.17) is 0 Å². The van der Waals surface area contributed by atoms with Crippen molar-refractivity contribution >= 4 is 15.7 Å². The summed E-state index contributed by atoms with van der Waals surface area (Å²) in [6, 6.07) is 2.68. The van der Waals surface area contributed by atoms with Gasteiger partial charge in [-0.1, -0.05) is 0 Å². The van der Waals surface area contributed by atoms with Crippen LogP contribution < -0.4 is 5.32 Å². The SMILES string of the molecule is CN(CC1CCCN1)S(=O)(=O)c1ccc([N+](=O)[O-])c(F)c1. The van der Waals surface area contributed by atoms with Gasteiger partial charge in [0, 0.05) is 31.8 Å². The average molecular weight is 317 g/mol. The van der Waals surface area contributed by atoms with Crippen LogP contribution in [-0.2, 0) is 10.0 Å². The Hall–Kier alpha value is -1.58. The summed E-state index contributed by atoms with van der Waals surface area (Å²) in [5, 5.41) is 13.7. The van der Waals surface area contributed by atoms with Gasteiger partial charge in [-0.25, -0.2) is 8.42 Å². The molecule has 2 rings (SSSR count). The van der Waals surface area contributed by atoms with E-state index >= 15 is 0 Å². The van der Waals surface area contributed by atoms with Gasteiger partial charge in [0.05, 0.1) is 9.82 Å². The number of likely N-dealkylation sites (N-methyl/N-ethyl adjacent to an activating group) is 1. The smallest absolute Gasteiger partial charge is 0.304 e. The molecule has 1 aliphatic heterocycles. The fraction of sp³-hybridized carbons (Fsp3) is 0.500. The van der Waals surface area contributed by atoms with Crippen molar-refractivity contribution in [3.8, 4) is 0 Å². The standard InChI is InChI=1S/C12H16FN3O4S/c1-15(8-9-3-2-6-14-9)21(19,20)10-4-5-12(16(17)18)11(13)7-10/h4-5,7,9,14H,2-3,6,8H2,1H3. The molecule has 1 heterocycles. The molecule has 0 saturated carbocycles. The van der Waals surface area contributed by atoms with Gasteiger partial charge in [-0.05, 0) is 25.5 Å². The highest BCUT2D eigenvalue weighted by molar-refractivity contribution is 7.89. The van der Waals surface area contributed by atoms with Crippen molar-refractivity contribution in [2.75, 3.05) is 20.1 Å². The molecule has 1 atom stereocenters. The minimum Gasteiger partial charge on any atom is -0.313 e. The van der Waals surface area contributed by atoms with Crippen LogP contribution in [0.2, 0.25) is 0 Å². The maximum atomic E-state index is 13.6. The summed E-state index contributed by atoms with van der Waals surface area (Å²) in [6.07, 6.45) is 1.87. The second-order valence-corrected chi connectivity index (χ2v) is 6.99. The van der Waals surface area contributed by atoms with E-state index in [1.807, 2.05) is 0 Å². The third-order valence-corrected chi connectivity index (χ3v) is 5.28. The first kappa shape index (κ1) is 15.8. The molecular weight excluding hydrogens is 301 g/mol. The summed E-state index contributed by atoms with van der Waals surface area (Å²) in [5.74, 6) is -1.16. The van der Waals surface area contributed by atoms with Crippen LogP contribution in [0.15, 0.2) is 23.1 Å². The minimum atomic E-state index is -3.86. The number of benzene rings is 1. The van der Waals surface area contributed by atoms with Gasteiger partial charge in [0.15, 0.2) is 0 Å². The Kier molecular flexibility index (Phi) is 4.55. The highest BCUT2D eigenvalue weighted by Gasteiger charge is 2.27. The minimum absolute atomic E-state index is 0.0765. The molecule has 0 aromatic heterocycles. The predicted octanol–water partition coefficient (Wildman–Crippen LogP) is 1.11. The van der Waals surface area contributed by atoms with E-state index in [0.717, 1.165) is 35.8 Å². The van der Waals surface area contributed by atoms with Gasteiger partial charge in [0.2, 0.25) is 15.8 Å². The van der Waals surface area contributed by atoms with Crippen LogP contribution in [0, 0.1) is 15.9 Å². The first-order chi connectivity index (χ1) is 9.82. The molecule has 7 nitrogen and oxygen atoms in total. The lowest BCUT2D eigenvalue weighted by Crippen LogP contribution is -2.38.